The standard InChI is InChI=1S/C22H20N6O4S/c29-33(30,18-7-8-19-20(13-18)32-12-2-11-31-19)27-17-5-3-16(4-6-17)26-21-14-22(24-15-23-21)28-10-1-9-25-28/h1,3-10,13-15,27H,2,11-12H2,(H,23,24,26). The molecule has 0 amide bonds. The van der Waals surface area contributed by atoms with Crippen LogP contribution in [0.3, 0.4) is 0 Å². The number of nitrogens with zero attached hydrogens (tertiary/aromatic N) is 4. The van der Waals surface area contributed by atoms with E-state index in [2.05, 4.69) is 25.1 Å². The molecular weight excluding hydrogens is 444 g/mol. The Morgan fingerprint density at radius 3 is 2.48 bits per heavy atom. The molecule has 2 aromatic carbocycles. The molecule has 0 spiro atoms. The van der Waals surface area contributed by atoms with Gasteiger partial charge in [0.2, 0.25) is 0 Å². The first-order valence-corrected chi connectivity index (χ1v) is 11.7. The zero-order valence-electron chi connectivity index (χ0n) is 17.4. The summed E-state index contributed by atoms with van der Waals surface area (Å²) >= 11 is 0. The topological polar surface area (TPSA) is 120 Å². The SMILES string of the molecule is O=S(=O)(Nc1ccc(Nc2cc(-n3cccn3)ncn2)cc1)c1ccc2c(c1)OCCCO2. The second kappa shape index (κ2) is 8.79. The molecule has 1 aliphatic rings. The van der Waals surface area contributed by atoms with Crippen LogP contribution in [0.25, 0.3) is 5.82 Å². The Balaban J connectivity index is 1.29. The number of benzene rings is 2. The van der Waals surface area contributed by atoms with Crippen molar-refractivity contribution in [2.24, 2.45) is 0 Å². The lowest BCUT2D eigenvalue weighted by Gasteiger charge is -2.12. The maximum Gasteiger partial charge on any atom is 0.262 e. The first-order valence-electron chi connectivity index (χ1n) is 10.2. The van der Waals surface area contributed by atoms with E-state index in [9.17, 15) is 8.42 Å². The van der Waals surface area contributed by atoms with E-state index in [1.54, 1.807) is 59.5 Å². The van der Waals surface area contributed by atoms with Gasteiger partial charge in [-0.1, -0.05) is 0 Å². The number of fused-ring (bicyclic) bond motifs is 1. The van der Waals surface area contributed by atoms with Crippen LogP contribution in [0.1, 0.15) is 6.42 Å². The summed E-state index contributed by atoms with van der Waals surface area (Å²) in [5, 5.41) is 7.32. The number of aromatic nitrogens is 4. The molecule has 0 unspecified atom stereocenters. The summed E-state index contributed by atoms with van der Waals surface area (Å²) in [6.45, 7) is 1.02. The number of ether oxygens (including phenoxy) is 2. The van der Waals surface area contributed by atoms with Crippen molar-refractivity contribution in [1.82, 2.24) is 19.7 Å². The number of anilines is 3. The fourth-order valence-electron chi connectivity index (χ4n) is 3.24. The van der Waals surface area contributed by atoms with Gasteiger partial charge in [-0.25, -0.2) is 23.1 Å². The van der Waals surface area contributed by atoms with Gasteiger partial charge in [0.25, 0.3) is 10.0 Å². The van der Waals surface area contributed by atoms with Gasteiger partial charge >= 0.3 is 0 Å². The van der Waals surface area contributed by atoms with Crippen molar-refractivity contribution in [3.63, 3.8) is 0 Å². The second-order valence-electron chi connectivity index (χ2n) is 7.18. The number of hydrogen-bond donors (Lipinski definition) is 2. The first-order chi connectivity index (χ1) is 16.1. The highest BCUT2D eigenvalue weighted by molar-refractivity contribution is 7.92. The smallest absolute Gasteiger partial charge is 0.262 e. The summed E-state index contributed by atoms with van der Waals surface area (Å²) < 4.78 is 41.1. The van der Waals surface area contributed by atoms with E-state index in [4.69, 9.17) is 9.47 Å². The van der Waals surface area contributed by atoms with Crippen molar-refractivity contribution in [3.05, 3.63) is 73.3 Å². The van der Waals surface area contributed by atoms with Gasteiger partial charge in [-0.3, -0.25) is 4.72 Å². The minimum absolute atomic E-state index is 0.0982. The molecule has 2 aromatic heterocycles. The highest BCUT2D eigenvalue weighted by atomic mass is 32.2. The monoisotopic (exact) mass is 464 g/mol. The van der Waals surface area contributed by atoms with E-state index in [-0.39, 0.29) is 4.90 Å². The van der Waals surface area contributed by atoms with E-state index < -0.39 is 10.0 Å². The number of hydrogen-bond acceptors (Lipinski definition) is 8. The Morgan fingerprint density at radius 2 is 1.70 bits per heavy atom. The fourth-order valence-corrected chi connectivity index (χ4v) is 4.31. The molecule has 33 heavy (non-hydrogen) atoms. The van der Waals surface area contributed by atoms with Gasteiger partial charge in [-0.2, -0.15) is 5.10 Å². The molecule has 0 saturated heterocycles. The molecule has 5 rings (SSSR count). The number of rotatable bonds is 6. The molecule has 0 radical (unpaired) electrons. The van der Waals surface area contributed by atoms with Gasteiger partial charge in [-0.15, -0.1) is 0 Å². The molecule has 0 fully saturated rings. The van der Waals surface area contributed by atoms with E-state index in [1.165, 1.54) is 18.5 Å². The average molecular weight is 465 g/mol. The summed E-state index contributed by atoms with van der Waals surface area (Å²) in [5.41, 5.74) is 1.16. The maximum absolute atomic E-state index is 12.9. The average Bonchev–Trinajstić information content (AvgIpc) is 3.26. The van der Waals surface area contributed by atoms with Crippen LogP contribution < -0.4 is 19.5 Å². The summed E-state index contributed by atoms with van der Waals surface area (Å²) in [6.07, 6.45) is 5.64. The Hall–Kier alpha value is -4.12. The highest BCUT2D eigenvalue weighted by Crippen LogP contribution is 2.32. The zero-order valence-corrected chi connectivity index (χ0v) is 18.2. The van der Waals surface area contributed by atoms with Crippen LogP contribution in [-0.4, -0.2) is 41.4 Å². The Kier molecular flexibility index (Phi) is 5.53. The minimum Gasteiger partial charge on any atom is -0.490 e. The fraction of sp³-hybridized carbons (Fsp3) is 0.136. The molecule has 2 N–H and O–H groups in total. The quantitative estimate of drug-likeness (QED) is 0.446. The van der Waals surface area contributed by atoms with Gasteiger partial charge in [0.1, 0.15) is 12.1 Å². The Morgan fingerprint density at radius 1 is 0.909 bits per heavy atom. The summed E-state index contributed by atoms with van der Waals surface area (Å²) in [7, 11) is -3.80. The second-order valence-corrected chi connectivity index (χ2v) is 8.86. The largest absolute Gasteiger partial charge is 0.490 e. The predicted molar refractivity (Wildman–Crippen MR) is 122 cm³/mol. The molecule has 4 aromatic rings. The van der Waals surface area contributed by atoms with Crippen molar-refractivity contribution in [1.29, 1.82) is 0 Å². The third-order valence-electron chi connectivity index (χ3n) is 4.83. The van der Waals surface area contributed by atoms with E-state index in [1.807, 2.05) is 0 Å². The molecule has 1 aliphatic heterocycles. The van der Waals surface area contributed by atoms with Gasteiger partial charge in [0.15, 0.2) is 17.3 Å². The lowest BCUT2D eigenvalue weighted by Crippen LogP contribution is -2.13. The van der Waals surface area contributed by atoms with Crippen LogP contribution in [0, 0.1) is 0 Å². The summed E-state index contributed by atoms with van der Waals surface area (Å²) in [4.78, 5) is 8.50. The minimum atomic E-state index is -3.80. The number of sulfonamides is 1. The maximum atomic E-state index is 12.9. The molecule has 3 heterocycles. The van der Waals surface area contributed by atoms with Crippen LogP contribution >= 0.6 is 0 Å². The van der Waals surface area contributed by atoms with Crippen molar-refractivity contribution < 1.29 is 17.9 Å². The summed E-state index contributed by atoms with van der Waals surface area (Å²) in [6, 6.07) is 15.0. The third kappa shape index (κ3) is 4.72. The van der Waals surface area contributed by atoms with Gasteiger partial charge in [-0.05, 0) is 42.5 Å². The normalized spacial score (nSPS) is 13.2. The molecule has 0 atom stereocenters. The van der Waals surface area contributed by atoms with Gasteiger partial charge < -0.3 is 14.8 Å². The molecule has 10 nitrogen and oxygen atoms in total. The molecule has 11 heteroatoms. The lowest BCUT2D eigenvalue weighted by atomic mass is 10.3. The first kappa shape index (κ1) is 20.8. The molecule has 0 aliphatic carbocycles. The molecule has 168 valence electrons. The van der Waals surface area contributed by atoms with Crippen molar-refractivity contribution in [2.45, 2.75) is 11.3 Å². The predicted octanol–water partition coefficient (Wildman–Crippen LogP) is 3.37. The molecule has 0 bridgehead atoms. The van der Waals surface area contributed by atoms with Crippen LogP contribution in [0.4, 0.5) is 17.2 Å². The summed E-state index contributed by atoms with van der Waals surface area (Å²) in [5.74, 6) is 2.17. The van der Waals surface area contributed by atoms with Crippen molar-refractivity contribution >= 4 is 27.2 Å². The highest BCUT2D eigenvalue weighted by Gasteiger charge is 2.19. The zero-order chi connectivity index (χ0) is 22.7. The Labute approximate surface area is 190 Å². The number of nitrogens with one attached hydrogen (secondary N) is 2. The van der Waals surface area contributed by atoms with Crippen molar-refractivity contribution in [2.75, 3.05) is 23.3 Å². The molecular formula is C22H20N6O4S. The van der Waals surface area contributed by atoms with E-state index in [0.29, 0.717) is 42.0 Å². The lowest BCUT2D eigenvalue weighted by molar-refractivity contribution is 0.297. The van der Waals surface area contributed by atoms with E-state index >= 15 is 0 Å². The van der Waals surface area contributed by atoms with Gasteiger partial charge in [0, 0.05) is 42.3 Å². The van der Waals surface area contributed by atoms with Crippen molar-refractivity contribution in [3.8, 4) is 17.3 Å². The third-order valence-corrected chi connectivity index (χ3v) is 6.21. The van der Waals surface area contributed by atoms with Crippen LogP contribution in [0.15, 0.2) is 78.2 Å². The van der Waals surface area contributed by atoms with Gasteiger partial charge in [0.05, 0.1) is 18.1 Å². The van der Waals surface area contributed by atoms with Crippen LogP contribution in [0.2, 0.25) is 0 Å². The van der Waals surface area contributed by atoms with Crippen LogP contribution in [-0.2, 0) is 10.0 Å². The van der Waals surface area contributed by atoms with E-state index in [0.717, 1.165) is 12.1 Å². The van der Waals surface area contributed by atoms with Crippen LogP contribution in [0.5, 0.6) is 11.5 Å². The molecule has 0 saturated carbocycles. The Bertz CT molecular complexity index is 1360.